The third-order valence-electron chi connectivity index (χ3n) is 3.14. The van der Waals surface area contributed by atoms with E-state index in [4.69, 9.17) is 11.6 Å². The van der Waals surface area contributed by atoms with E-state index in [9.17, 15) is 14.3 Å². The standard InChI is InChI=1S/C16H15ClFNO2/c1-9-5-12(18)8-13(6-9)19-15(16(20)21)14-4-3-11(17)7-10(14)2/h3-8,15,19H,1-2H3,(H,20,21). The Bertz CT molecular complexity index is 668. The second-order valence-electron chi connectivity index (χ2n) is 4.93. The van der Waals surface area contributed by atoms with E-state index in [1.165, 1.54) is 12.1 Å². The van der Waals surface area contributed by atoms with Crippen LogP contribution in [-0.2, 0) is 4.79 Å². The summed E-state index contributed by atoms with van der Waals surface area (Å²) in [6, 6.07) is 8.38. The molecule has 0 aliphatic heterocycles. The zero-order valence-electron chi connectivity index (χ0n) is 11.7. The van der Waals surface area contributed by atoms with Crippen molar-refractivity contribution in [3.05, 3.63) is 63.9 Å². The predicted octanol–water partition coefficient (Wildman–Crippen LogP) is 4.33. The minimum Gasteiger partial charge on any atom is -0.479 e. The molecule has 3 nitrogen and oxygen atoms in total. The van der Waals surface area contributed by atoms with Crippen LogP contribution in [0.2, 0.25) is 5.02 Å². The summed E-state index contributed by atoms with van der Waals surface area (Å²) in [5.41, 5.74) is 2.49. The van der Waals surface area contributed by atoms with Gasteiger partial charge in [-0.2, -0.15) is 0 Å². The van der Waals surface area contributed by atoms with Gasteiger partial charge in [-0.25, -0.2) is 9.18 Å². The lowest BCUT2D eigenvalue weighted by Crippen LogP contribution is -2.21. The molecule has 1 unspecified atom stereocenters. The first kappa shape index (κ1) is 15.3. The average molecular weight is 308 g/mol. The molecule has 0 fully saturated rings. The fourth-order valence-electron chi connectivity index (χ4n) is 2.22. The van der Waals surface area contributed by atoms with E-state index in [0.29, 0.717) is 16.3 Å². The van der Waals surface area contributed by atoms with Crippen molar-refractivity contribution < 1.29 is 14.3 Å². The lowest BCUT2D eigenvalue weighted by molar-refractivity contribution is -0.138. The Kier molecular flexibility index (Phi) is 4.48. The third-order valence-corrected chi connectivity index (χ3v) is 3.38. The minimum absolute atomic E-state index is 0.408. The van der Waals surface area contributed by atoms with Gasteiger partial charge in [0.1, 0.15) is 5.82 Å². The quantitative estimate of drug-likeness (QED) is 0.883. The van der Waals surface area contributed by atoms with Gasteiger partial charge in [-0.15, -0.1) is 0 Å². The molecule has 0 heterocycles. The maximum atomic E-state index is 13.4. The van der Waals surface area contributed by atoms with Gasteiger partial charge in [0.2, 0.25) is 0 Å². The van der Waals surface area contributed by atoms with Crippen LogP contribution in [0.3, 0.4) is 0 Å². The van der Waals surface area contributed by atoms with Crippen molar-refractivity contribution in [1.29, 1.82) is 0 Å². The molecule has 2 rings (SSSR count). The van der Waals surface area contributed by atoms with Gasteiger partial charge in [-0.3, -0.25) is 0 Å². The van der Waals surface area contributed by atoms with Gasteiger partial charge in [0, 0.05) is 10.7 Å². The Morgan fingerprint density at radius 2 is 1.95 bits per heavy atom. The molecule has 2 aromatic carbocycles. The normalized spacial score (nSPS) is 12.0. The molecule has 110 valence electrons. The van der Waals surface area contributed by atoms with Crippen LogP contribution in [0.25, 0.3) is 0 Å². The summed E-state index contributed by atoms with van der Waals surface area (Å²) in [6.45, 7) is 3.53. The number of anilines is 1. The first-order chi connectivity index (χ1) is 9.86. The molecule has 0 saturated carbocycles. The largest absolute Gasteiger partial charge is 0.479 e. The molecule has 0 aliphatic rings. The number of rotatable bonds is 4. The van der Waals surface area contributed by atoms with E-state index < -0.39 is 17.8 Å². The molecule has 0 amide bonds. The maximum Gasteiger partial charge on any atom is 0.330 e. The van der Waals surface area contributed by atoms with E-state index in [-0.39, 0.29) is 0 Å². The number of hydrogen-bond donors (Lipinski definition) is 2. The summed E-state index contributed by atoms with van der Waals surface area (Å²) in [7, 11) is 0. The molecular formula is C16H15ClFNO2. The number of nitrogens with one attached hydrogen (secondary N) is 1. The Hall–Kier alpha value is -2.07. The van der Waals surface area contributed by atoms with Crippen LogP contribution in [0.4, 0.5) is 10.1 Å². The molecule has 0 radical (unpaired) electrons. The maximum absolute atomic E-state index is 13.4. The highest BCUT2D eigenvalue weighted by Gasteiger charge is 2.21. The second kappa shape index (κ2) is 6.14. The Morgan fingerprint density at radius 1 is 1.24 bits per heavy atom. The van der Waals surface area contributed by atoms with Crippen molar-refractivity contribution in [2.24, 2.45) is 0 Å². The smallest absolute Gasteiger partial charge is 0.330 e. The Balaban J connectivity index is 2.37. The second-order valence-corrected chi connectivity index (χ2v) is 5.37. The molecule has 5 heteroatoms. The fourth-order valence-corrected chi connectivity index (χ4v) is 2.45. The van der Waals surface area contributed by atoms with Crippen molar-refractivity contribution >= 4 is 23.3 Å². The summed E-state index contributed by atoms with van der Waals surface area (Å²) in [5.74, 6) is -1.45. The van der Waals surface area contributed by atoms with E-state index in [0.717, 1.165) is 11.1 Å². The van der Waals surface area contributed by atoms with Crippen LogP contribution in [0, 0.1) is 19.7 Å². The minimum atomic E-state index is -1.04. The van der Waals surface area contributed by atoms with Gasteiger partial charge in [-0.1, -0.05) is 17.7 Å². The molecule has 1 atom stereocenters. The summed E-state index contributed by atoms with van der Waals surface area (Å²) >= 11 is 5.89. The number of aryl methyl sites for hydroxylation is 2. The lowest BCUT2D eigenvalue weighted by Gasteiger charge is -2.19. The third kappa shape index (κ3) is 3.73. The topological polar surface area (TPSA) is 49.3 Å². The highest BCUT2D eigenvalue weighted by atomic mass is 35.5. The van der Waals surface area contributed by atoms with Crippen molar-refractivity contribution in [2.75, 3.05) is 5.32 Å². The summed E-state index contributed by atoms with van der Waals surface area (Å²) in [4.78, 5) is 11.5. The Labute approximate surface area is 127 Å². The molecule has 0 aliphatic carbocycles. The number of carbonyl (C=O) groups is 1. The molecular weight excluding hydrogens is 293 g/mol. The zero-order valence-corrected chi connectivity index (χ0v) is 12.4. The lowest BCUT2D eigenvalue weighted by atomic mass is 10.0. The van der Waals surface area contributed by atoms with Gasteiger partial charge < -0.3 is 10.4 Å². The highest BCUT2D eigenvalue weighted by Crippen LogP contribution is 2.26. The van der Waals surface area contributed by atoms with Gasteiger partial charge >= 0.3 is 5.97 Å². The first-order valence-electron chi connectivity index (χ1n) is 6.39. The summed E-state index contributed by atoms with van der Waals surface area (Å²) in [5, 5.41) is 12.8. The van der Waals surface area contributed by atoms with Crippen LogP contribution >= 0.6 is 11.6 Å². The SMILES string of the molecule is Cc1cc(F)cc(NC(C(=O)O)c2ccc(Cl)cc2C)c1. The summed E-state index contributed by atoms with van der Waals surface area (Å²) in [6.07, 6.45) is 0. The van der Waals surface area contributed by atoms with Crippen molar-refractivity contribution in [2.45, 2.75) is 19.9 Å². The van der Waals surface area contributed by atoms with Crippen LogP contribution in [0.15, 0.2) is 36.4 Å². The number of carboxylic acid groups (broad SMARTS) is 1. The number of aliphatic carboxylic acids is 1. The average Bonchev–Trinajstić information content (AvgIpc) is 2.35. The van der Waals surface area contributed by atoms with Crippen LogP contribution in [0.5, 0.6) is 0 Å². The van der Waals surface area contributed by atoms with Gasteiger partial charge in [0.15, 0.2) is 6.04 Å². The molecule has 2 aromatic rings. The number of hydrogen-bond acceptors (Lipinski definition) is 2. The fraction of sp³-hybridized carbons (Fsp3) is 0.188. The molecule has 0 aromatic heterocycles. The van der Waals surface area contributed by atoms with Crippen LogP contribution in [0.1, 0.15) is 22.7 Å². The van der Waals surface area contributed by atoms with E-state index in [1.54, 1.807) is 38.1 Å². The van der Waals surface area contributed by atoms with Gasteiger partial charge in [0.05, 0.1) is 0 Å². The number of carboxylic acids is 1. The molecule has 21 heavy (non-hydrogen) atoms. The van der Waals surface area contributed by atoms with Crippen molar-refractivity contribution in [3.63, 3.8) is 0 Å². The highest BCUT2D eigenvalue weighted by molar-refractivity contribution is 6.30. The predicted molar refractivity (Wildman–Crippen MR) is 81.3 cm³/mol. The molecule has 0 spiro atoms. The van der Waals surface area contributed by atoms with Crippen LogP contribution < -0.4 is 5.32 Å². The molecule has 2 N–H and O–H groups in total. The van der Waals surface area contributed by atoms with E-state index in [2.05, 4.69) is 5.32 Å². The zero-order chi connectivity index (χ0) is 15.6. The molecule has 0 bridgehead atoms. The van der Waals surface area contributed by atoms with Gasteiger partial charge in [0.25, 0.3) is 0 Å². The molecule has 0 saturated heterocycles. The van der Waals surface area contributed by atoms with E-state index >= 15 is 0 Å². The van der Waals surface area contributed by atoms with Crippen molar-refractivity contribution in [1.82, 2.24) is 0 Å². The van der Waals surface area contributed by atoms with Crippen LogP contribution in [-0.4, -0.2) is 11.1 Å². The first-order valence-corrected chi connectivity index (χ1v) is 6.77. The number of benzene rings is 2. The summed E-state index contributed by atoms with van der Waals surface area (Å²) < 4.78 is 13.4. The van der Waals surface area contributed by atoms with E-state index in [1.807, 2.05) is 0 Å². The monoisotopic (exact) mass is 307 g/mol. The Morgan fingerprint density at radius 3 is 2.52 bits per heavy atom. The number of halogens is 2. The van der Waals surface area contributed by atoms with Crippen molar-refractivity contribution in [3.8, 4) is 0 Å². The van der Waals surface area contributed by atoms with Gasteiger partial charge in [-0.05, 0) is 60.9 Å².